The minimum atomic E-state index is 0.131. The second kappa shape index (κ2) is 6.02. The highest BCUT2D eigenvalue weighted by molar-refractivity contribution is 5.69. The number of hydrogen-bond acceptors (Lipinski definition) is 4. The maximum absolute atomic E-state index is 9.32. The molecule has 2 rings (SSSR count). The van der Waals surface area contributed by atoms with Gasteiger partial charge >= 0.3 is 0 Å². The zero-order chi connectivity index (χ0) is 13.8. The highest BCUT2D eigenvalue weighted by Gasteiger charge is 2.19. The van der Waals surface area contributed by atoms with Gasteiger partial charge in [-0.15, -0.1) is 0 Å². The van der Waals surface area contributed by atoms with Gasteiger partial charge in [0.05, 0.1) is 12.3 Å². The average Bonchev–Trinajstić information content (AvgIpc) is 2.79. The molecule has 0 radical (unpaired) electrons. The van der Waals surface area contributed by atoms with Crippen LogP contribution in [0.2, 0.25) is 0 Å². The van der Waals surface area contributed by atoms with Gasteiger partial charge in [-0.1, -0.05) is 13.8 Å². The molecule has 2 aromatic rings. The van der Waals surface area contributed by atoms with Gasteiger partial charge < -0.3 is 10.0 Å². The second-order valence-corrected chi connectivity index (χ2v) is 4.75. The lowest BCUT2D eigenvalue weighted by atomic mass is 10.1. The molecule has 19 heavy (non-hydrogen) atoms. The van der Waals surface area contributed by atoms with Crippen LogP contribution in [0, 0.1) is 6.92 Å². The van der Waals surface area contributed by atoms with Crippen LogP contribution in [-0.4, -0.2) is 38.9 Å². The average molecular weight is 262 g/mol. The summed E-state index contributed by atoms with van der Waals surface area (Å²) in [5.41, 5.74) is 1.98. The Hall–Kier alpha value is -1.62. The van der Waals surface area contributed by atoms with E-state index in [0.29, 0.717) is 12.6 Å². The number of aliphatic hydroxyl groups is 1. The van der Waals surface area contributed by atoms with E-state index in [2.05, 4.69) is 28.8 Å². The van der Waals surface area contributed by atoms with Crippen LogP contribution in [0.25, 0.3) is 5.52 Å². The zero-order valence-electron chi connectivity index (χ0n) is 11.9. The van der Waals surface area contributed by atoms with E-state index in [-0.39, 0.29) is 6.61 Å². The van der Waals surface area contributed by atoms with Crippen molar-refractivity contribution in [1.82, 2.24) is 14.6 Å². The summed E-state index contributed by atoms with van der Waals surface area (Å²) in [5.74, 6) is 0.908. The molecule has 2 aromatic heterocycles. The van der Waals surface area contributed by atoms with Gasteiger partial charge in [-0.3, -0.25) is 0 Å². The second-order valence-electron chi connectivity index (χ2n) is 4.75. The predicted molar refractivity (Wildman–Crippen MR) is 76.5 cm³/mol. The van der Waals surface area contributed by atoms with Crippen LogP contribution in [0.5, 0.6) is 0 Å². The van der Waals surface area contributed by atoms with E-state index in [1.165, 1.54) is 0 Å². The van der Waals surface area contributed by atoms with E-state index in [4.69, 9.17) is 0 Å². The number of aromatic nitrogens is 3. The Morgan fingerprint density at radius 2 is 2.11 bits per heavy atom. The Balaban J connectivity index is 2.48. The molecule has 0 atom stereocenters. The fourth-order valence-electron chi connectivity index (χ4n) is 2.55. The van der Waals surface area contributed by atoms with E-state index in [9.17, 15) is 5.11 Å². The van der Waals surface area contributed by atoms with Gasteiger partial charge in [-0.2, -0.15) is 5.10 Å². The maximum atomic E-state index is 9.32. The van der Waals surface area contributed by atoms with Crippen LogP contribution < -0.4 is 4.90 Å². The third-order valence-corrected chi connectivity index (χ3v) is 3.49. The Labute approximate surface area is 113 Å². The van der Waals surface area contributed by atoms with Gasteiger partial charge in [0.15, 0.2) is 5.82 Å². The molecule has 0 spiro atoms. The number of fused-ring (bicyclic) bond motifs is 1. The highest BCUT2D eigenvalue weighted by atomic mass is 16.3. The zero-order valence-corrected chi connectivity index (χ0v) is 11.9. The van der Waals surface area contributed by atoms with Crippen molar-refractivity contribution >= 4 is 11.3 Å². The SMILES string of the molecule is CCC(CC)N(CCO)c1nccn2nc(C)cc12. The van der Waals surface area contributed by atoms with Crippen molar-refractivity contribution in [1.29, 1.82) is 0 Å². The quantitative estimate of drug-likeness (QED) is 0.865. The number of aryl methyl sites for hydroxylation is 1. The van der Waals surface area contributed by atoms with Crippen molar-refractivity contribution in [2.75, 3.05) is 18.1 Å². The monoisotopic (exact) mass is 262 g/mol. The Bertz CT molecular complexity index is 533. The summed E-state index contributed by atoms with van der Waals surface area (Å²) in [6.45, 7) is 7.04. The molecule has 1 N–H and O–H groups in total. The van der Waals surface area contributed by atoms with Crippen molar-refractivity contribution in [3.63, 3.8) is 0 Å². The molecule has 0 saturated carbocycles. The first-order valence-electron chi connectivity index (χ1n) is 6.89. The van der Waals surface area contributed by atoms with Crippen LogP contribution in [0.4, 0.5) is 5.82 Å². The lowest BCUT2D eigenvalue weighted by Crippen LogP contribution is -2.37. The van der Waals surface area contributed by atoms with Gasteiger partial charge in [0.2, 0.25) is 0 Å². The van der Waals surface area contributed by atoms with Gasteiger partial charge in [-0.25, -0.2) is 9.50 Å². The molecule has 104 valence electrons. The Morgan fingerprint density at radius 1 is 1.37 bits per heavy atom. The topological polar surface area (TPSA) is 53.7 Å². The summed E-state index contributed by atoms with van der Waals surface area (Å²) >= 11 is 0. The van der Waals surface area contributed by atoms with E-state index in [0.717, 1.165) is 29.9 Å². The standard InChI is InChI=1S/C14H22N4O/c1-4-12(5-2)17(8-9-19)14-13-10-11(3)16-18(13)7-6-15-14/h6-7,10,12,19H,4-5,8-9H2,1-3H3. The summed E-state index contributed by atoms with van der Waals surface area (Å²) in [5, 5.41) is 13.7. The lowest BCUT2D eigenvalue weighted by Gasteiger charge is -2.31. The van der Waals surface area contributed by atoms with Gasteiger partial charge in [0.1, 0.15) is 5.52 Å². The number of rotatable bonds is 6. The van der Waals surface area contributed by atoms with Gasteiger partial charge in [0, 0.05) is 25.0 Å². The first-order valence-corrected chi connectivity index (χ1v) is 6.89. The fourth-order valence-corrected chi connectivity index (χ4v) is 2.55. The van der Waals surface area contributed by atoms with Crippen molar-refractivity contribution in [2.24, 2.45) is 0 Å². The summed E-state index contributed by atoms with van der Waals surface area (Å²) in [6.07, 6.45) is 5.69. The third-order valence-electron chi connectivity index (χ3n) is 3.49. The normalized spacial score (nSPS) is 11.4. The molecular weight excluding hydrogens is 240 g/mol. The molecular formula is C14H22N4O. The molecule has 0 aliphatic heterocycles. The third kappa shape index (κ3) is 2.71. The van der Waals surface area contributed by atoms with Crippen LogP contribution >= 0.6 is 0 Å². The Morgan fingerprint density at radius 3 is 2.74 bits per heavy atom. The molecule has 0 fully saturated rings. The minimum Gasteiger partial charge on any atom is -0.395 e. The number of hydrogen-bond donors (Lipinski definition) is 1. The van der Waals surface area contributed by atoms with E-state index in [1.54, 1.807) is 6.20 Å². The number of aliphatic hydroxyl groups excluding tert-OH is 1. The van der Waals surface area contributed by atoms with Gasteiger partial charge in [0.25, 0.3) is 0 Å². The van der Waals surface area contributed by atoms with Crippen molar-refractivity contribution in [2.45, 2.75) is 39.7 Å². The predicted octanol–water partition coefficient (Wildman–Crippen LogP) is 2.03. The molecule has 0 amide bonds. The first kappa shape index (κ1) is 13.8. The molecule has 2 heterocycles. The fraction of sp³-hybridized carbons (Fsp3) is 0.571. The number of anilines is 1. The van der Waals surface area contributed by atoms with Crippen molar-refractivity contribution < 1.29 is 5.11 Å². The molecule has 0 bridgehead atoms. The molecule has 0 unspecified atom stereocenters. The highest BCUT2D eigenvalue weighted by Crippen LogP contribution is 2.23. The summed E-state index contributed by atoms with van der Waals surface area (Å²) in [6, 6.07) is 2.43. The molecule has 5 nitrogen and oxygen atoms in total. The van der Waals surface area contributed by atoms with Crippen LogP contribution in [0.3, 0.4) is 0 Å². The molecule has 0 aromatic carbocycles. The summed E-state index contributed by atoms with van der Waals surface area (Å²) in [7, 11) is 0. The first-order chi connectivity index (χ1) is 9.21. The lowest BCUT2D eigenvalue weighted by molar-refractivity contribution is 0.295. The smallest absolute Gasteiger partial charge is 0.155 e. The minimum absolute atomic E-state index is 0.131. The molecule has 5 heteroatoms. The van der Waals surface area contributed by atoms with Crippen LogP contribution in [0.15, 0.2) is 18.5 Å². The van der Waals surface area contributed by atoms with E-state index in [1.807, 2.05) is 23.7 Å². The molecule has 0 saturated heterocycles. The molecule has 0 aliphatic carbocycles. The summed E-state index contributed by atoms with van der Waals surface area (Å²) in [4.78, 5) is 6.70. The van der Waals surface area contributed by atoms with Crippen molar-refractivity contribution in [3.8, 4) is 0 Å². The summed E-state index contributed by atoms with van der Waals surface area (Å²) < 4.78 is 1.85. The number of nitrogens with zero attached hydrogens (tertiary/aromatic N) is 4. The van der Waals surface area contributed by atoms with Crippen LogP contribution in [-0.2, 0) is 0 Å². The molecule has 0 aliphatic rings. The van der Waals surface area contributed by atoms with Crippen molar-refractivity contribution in [3.05, 3.63) is 24.2 Å². The van der Waals surface area contributed by atoms with Crippen LogP contribution in [0.1, 0.15) is 32.4 Å². The Kier molecular flexibility index (Phi) is 4.37. The maximum Gasteiger partial charge on any atom is 0.155 e. The largest absolute Gasteiger partial charge is 0.395 e. The van der Waals surface area contributed by atoms with E-state index >= 15 is 0 Å². The van der Waals surface area contributed by atoms with Gasteiger partial charge in [-0.05, 0) is 25.8 Å². The van der Waals surface area contributed by atoms with E-state index < -0.39 is 0 Å².